The van der Waals surface area contributed by atoms with E-state index in [1.807, 2.05) is 13.8 Å². The molecule has 0 saturated carbocycles. The molecule has 0 aromatic carbocycles. The molecule has 30 heavy (non-hydrogen) atoms. The van der Waals surface area contributed by atoms with Crippen molar-refractivity contribution in [3.05, 3.63) is 48.3 Å². The Balaban J connectivity index is 2.00. The average molecular weight is 417 g/mol. The highest BCUT2D eigenvalue weighted by molar-refractivity contribution is 6.03. The Hall–Kier alpha value is -3.07. The number of halogens is 2. The first-order valence-corrected chi connectivity index (χ1v) is 9.61. The van der Waals surface area contributed by atoms with Crippen molar-refractivity contribution in [2.24, 2.45) is 0 Å². The van der Waals surface area contributed by atoms with Gasteiger partial charge in [-0.2, -0.15) is 9.49 Å². The minimum absolute atomic E-state index is 0.0125. The molecule has 9 heteroatoms. The van der Waals surface area contributed by atoms with Gasteiger partial charge in [0.2, 0.25) is 5.95 Å². The maximum atomic E-state index is 14.1. The Morgan fingerprint density at radius 1 is 1.37 bits per heavy atom. The van der Waals surface area contributed by atoms with Crippen molar-refractivity contribution in [2.75, 3.05) is 11.9 Å². The minimum Gasteiger partial charge on any atom is -0.387 e. The third kappa shape index (κ3) is 4.56. The SMILES string of the molecule is CC(C)Nc1c(C(=O)NCC(F)C(C)(C)O)cnn2cc(-c3cccnc3F)cc12. The highest BCUT2D eigenvalue weighted by atomic mass is 19.1. The number of nitrogens with one attached hydrogen (secondary N) is 2. The zero-order chi connectivity index (χ0) is 22.1. The van der Waals surface area contributed by atoms with Crippen LogP contribution in [0.3, 0.4) is 0 Å². The lowest BCUT2D eigenvalue weighted by Gasteiger charge is -2.23. The molecule has 0 spiro atoms. The van der Waals surface area contributed by atoms with Gasteiger partial charge in [-0.15, -0.1) is 0 Å². The summed E-state index contributed by atoms with van der Waals surface area (Å²) in [6, 6.07) is 4.94. The summed E-state index contributed by atoms with van der Waals surface area (Å²) in [4.78, 5) is 16.4. The molecule has 0 bridgehead atoms. The molecule has 0 saturated heterocycles. The zero-order valence-electron chi connectivity index (χ0n) is 17.3. The molecule has 0 fully saturated rings. The van der Waals surface area contributed by atoms with E-state index in [1.54, 1.807) is 24.4 Å². The number of hydrogen-bond acceptors (Lipinski definition) is 5. The zero-order valence-corrected chi connectivity index (χ0v) is 17.3. The fourth-order valence-electron chi connectivity index (χ4n) is 2.95. The van der Waals surface area contributed by atoms with E-state index >= 15 is 0 Å². The minimum atomic E-state index is -1.63. The molecular weight excluding hydrogens is 392 g/mol. The molecule has 0 aliphatic rings. The number of nitrogens with zero attached hydrogens (tertiary/aromatic N) is 3. The highest BCUT2D eigenvalue weighted by Crippen LogP contribution is 2.29. The third-order valence-electron chi connectivity index (χ3n) is 4.59. The van der Waals surface area contributed by atoms with Crippen molar-refractivity contribution in [3.8, 4) is 11.1 Å². The monoisotopic (exact) mass is 417 g/mol. The van der Waals surface area contributed by atoms with Gasteiger partial charge < -0.3 is 15.7 Å². The number of anilines is 1. The molecule has 3 aromatic rings. The Morgan fingerprint density at radius 3 is 2.73 bits per heavy atom. The quantitative estimate of drug-likeness (QED) is 0.514. The third-order valence-corrected chi connectivity index (χ3v) is 4.59. The van der Waals surface area contributed by atoms with Crippen molar-refractivity contribution in [2.45, 2.75) is 45.5 Å². The van der Waals surface area contributed by atoms with Crippen LogP contribution in [0.4, 0.5) is 14.5 Å². The predicted molar refractivity (Wildman–Crippen MR) is 111 cm³/mol. The van der Waals surface area contributed by atoms with Crippen LogP contribution in [0.25, 0.3) is 16.6 Å². The number of fused-ring (bicyclic) bond motifs is 1. The van der Waals surface area contributed by atoms with Crippen LogP contribution in [0.5, 0.6) is 0 Å². The number of pyridine rings is 1. The lowest BCUT2D eigenvalue weighted by atomic mass is 10.0. The summed E-state index contributed by atoms with van der Waals surface area (Å²) in [6.07, 6.45) is 2.75. The van der Waals surface area contributed by atoms with Crippen LogP contribution in [0.15, 0.2) is 36.8 Å². The molecule has 160 valence electrons. The van der Waals surface area contributed by atoms with E-state index in [9.17, 15) is 18.7 Å². The Morgan fingerprint density at radius 2 is 2.10 bits per heavy atom. The van der Waals surface area contributed by atoms with E-state index in [-0.39, 0.29) is 18.2 Å². The second-order valence-corrected chi connectivity index (χ2v) is 7.96. The van der Waals surface area contributed by atoms with Gasteiger partial charge in [0.05, 0.1) is 35.1 Å². The number of rotatable bonds is 7. The smallest absolute Gasteiger partial charge is 0.255 e. The van der Waals surface area contributed by atoms with Gasteiger partial charge in [0.1, 0.15) is 6.17 Å². The summed E-state index contributed by atoms with van der Waals surface area (Å²) in [5.74, 6) is -1.14. The summed E-state index contributed by atoms with van der Waals surface area (Å²) in [7, 11) is 0. The second-order valence-electron chi connectivity index (χ2n) is 7.96. The molecular formula is C21H25F2N5O2. The number of carbonyl (C=O) groups is 1. The summed E-state index contributed by atoms with van der Waals surface area (Å²) >= 11 is 0. The van der Waals surface area contributed by atoms with Gasteiger partial charge in [0, 0.05) is 29.6 Å². The van der Waals surface area contributed by atoms with Gasteiger partial charge in [-0.25, -0.2) is 13.9 Å². The van der Waals surface area contributed by atoms with Gasteiger partial charge in [0.15, 0.2) is 0 Å². The van der Waals surface area contributed by atoms with E-state index in [0.29, 0.717) is 22.3 Å². The second kappa shape index (κ2) is 8.35. The van der Waals surface area contributed by atoms with Crippen LogP contribution in [0.1, 0.15) is 38.1 Å². The van der Waals surface area contributed by atoms with Crippen molar-refractivity contribution in [3.63, 3.8) is 0 Å². The van der Waals surface area contributed by atoms with Crippen LogP contribution in [0, 0.1) is 5.95 Å². The Bertz CT molecular complexity index is 1060. The molecule has 3 heterocycles. The van der Waals surface area contributed by atoms with Crippen LogP contribution in [-0.4, -0.2) is 50.0 Å². The van der Waals surface area contributed by atoms with E-state index in [2.05, 4.69) is 20.7 Å². The van der Waals surface area contributed by atoms with E-state index in [1.165, 1.54) is 30.8 Å². The fraction of sp³-hybridized carbons (Fsp3) is 0.381. The lowest BCUT2D eigenvalue weighted by molar-refractivity contribution is -0.00177. The van der Waals surface area contributed by atoms with E-state index in [0.717, 1.165) is 0 Å². The van der Waals surface area contributed by atoms with Gasteiger partial charge in [-0.3, -0.25) is 4.79 Å². The highest BCUT2D eigenvalue weighted by Gasteiger charge is 2.27. The van der Waals surface area contributed by atoms with Crippen LogP contribution >= 0.6 is 0 Å². The van der Waals surface area contributed by atoms with Crippen LogP contribution in [-0.2, 0) is 0 Å². The fourth-order valence-corrected chi connectivity index (χ4v) is 2.95. The first-order valence-electron chi connectivity index (χ1n) is 9.61. The van der Waals surface area contributed by atoms with Crippen molar-refractivity contribution < 1.29 is 18.7 Å². The van der Waals surface area contributed by atoms with Gasteiger partial charge in [-0.05, 0) is 45.9 Å². The molecule has 0 radical (unpaired) electrons. The first-order chi connectivity index (χ1) is 14.1. The Kier molecular flexibility index (Phi) is 6.02. The van der Waals surface area contributed by atoms with Crippen molar-refractivity contribution in [1.29, 1.82) is 0 Å². The average Bonchev–Trinajstić information content (AvgIpc) is 3.09. The summed E-state index contributed by atoms with van der Waals surface area (Å²) in [6.45, 7) is 6.15. The van der Waals surface area contributed by atoms with Crippen LogP contribution in [0.2, 0.25) is 0 Å². The summed E-state index contributed by atoms with van der Waals surface area (Å²) in [5.41, 5.74) is 0.577. The lowest BCUT2D eigenvalue weighted by Crippen LogP contribution is -2.42. The molecule has 0 aliphatic heterocycles. The largest absolute Gasteiger partial charge is 0.387 e. The molecule has 3 rings (SSSR count). The summed E-state index contributed by atoms with van der Waals surface area (Å²) < 4.78 is 29.7. The topological polar surface area (TPSA) is 91.5 Å². The van der Waals surface area contributed by atoms with Crippen molar-refractivity contribution in [1.82, 2.24) is 19.9 Å². The van der Waals surface area contributed by atoms with E-state index in [4.69, 9.17) is 0 Å². The molecule has 0 aliphatic carbocycles. The standard InChI is InChI=1S/C21H25F2N5O2/c1-12(2)27-18-15(20(29)25-10-17(22)21(3,4)30)9-26-28-11-13(8-16(18)28)14-6-5-7-24-19(14)23/h5-9,11-12,17,27,30H,10H2,1-4H3,(H,25,29). The number of carbonyl (C=O) groups excluding carboxylic acids is 1. The number of amides is 1. The number of hydrogen-bond donors (Lipinski definition) is 3. The number of aliphatic hydroxyl groups is 1. The molecule has 3 aromatic heterocycles. The Labute approximate surface area is 173 Å². The number of alkyl halides is 1. The van der Waals surface area contributed by atoms with E-state index < -0.39 is 23.6 Å². The van der Waals surface area contributed by atoms with Crippen LogP contribution < -0.4 is 10.6 Å². The molecule has 7 nitrogen and oxygen atoms in total. The molecule has 1 amide bonds. The number of aromatic nitrogens is 3. The summed E-state index contributed by atoms with van der Waals surface area (Å²) in [5, 5.41) is 19.7. The normalized spacial score (nSPS) is 12.9. The maximum absolute atomic E-state index is 14.1. The maximum Gasteiger partial charge on any atom is 0.255 e. The molecule has 1 unspecified atom stereocenters. The first kappa shape index (κ1) is 21.6. The van der Waals surface area contributed by atoms with Gasteiger partial charge in [0.25, 0.3) is 5.91 Å². The predicted octanol–water partition coefficient (Wildman–Crippen LogP) is 3.19. The van der Waals surface area contributed by atoms with Crippen molar-refractivity contribution >= 4 is 17.1 Å². The molecule has 1 atom stereocenters. The van der Waals surface area contributed by atoms with Gasteiger partial charge >= 0.3 is 0 Å². The van der Waals surface area contributed by atoms with Gasteiger partial charge in [-0.1, -0.05) is 0 Å². The molecule has 3 N–H and O–H groups in total.